The summed E-state index contributed by atoms with van der Waals surface area (Å²) < 4.78 is 7.31. The molecule has 0 atom stereocenters. The molecule has 1 aromatic heterocycles. The molecule has 0 fully saturated rings. The fourth-order valence-corrected chi connectivity index (χ4v) is 3.13. The van der Waals surface area contributed by atoms with Gasteiger partial charge in [-0.3, -0.25) is 9.56 Å². The molecule has 0 saturated carbocycles. The van der Waals surface area contributed by atoms with E-state index in [0.29, 0.717) is 10.5 Å². The van der Waals surface area contributed by atoms with Crippen molar-refractivity contribution < 1.29 is 9.84 Å². The largest absolute Gasteiger partial charge is 0.497 e. The minimum Gasteiger partial charge on any atom is -0.497 e. The van der Waals surface area contributed by atoms with Crippen LogP contribution < -0.4 is 4.74 Å². The number of aromatic nitrogens is 2. The van der Waals surface area contributed by atoms with E-state index < -0.39 is 0 Å². The molecule has 3 aromatic rings. The second kappa shape index (κ2) is 6.07. The number of aliphatic imine (C=N–C) groups is 1. The molecule has 0 spiro atoms. The highest BCUT2D eigenvalue weighted by Gasteiger charge is 2.16. The number of imidazole rings is 1. The van der Waals surface area contributed by atoms with Crippen molar-refractivity contribution in [1.82, 2.24) is 9.55 Å². The number of rotatable bonds is 3. The van der Waals surface area contributed by atoms with Crippen molar-refractivity contribution in [1.29, 1.82) is 0 Å². The molecule has 1 aliphatic rings. The Morgan fingerprint density at radius 2 is 2.00 bits per heavy atom. The first-order valence-electron chi connectivity index (χ1n) is 7.71. The number of benzene rings is 2. The molecule has 4 rings (SSSR count). The Hall–Kier alpha value is -3.12. The highest BCUT2D eigenvalue weighted by molar-refractivity contribution is 7.71. The molecule has 2 heterocycles. The van der Waals surface area contributed by atoms with Gasteiger partial charge in [-0.25, -0.2) is 0 Å². The molecular weight excluding hydrogens is 334 g/mol. The zero-order chi connectivity index (χ0) is 17.4. The number of hydrogen-bond donors (Lipinski definition) is 2. The third-order valence-electron chi connectivity index (χ3n) is 4.07. The van der Waals surface area contributed by atoms with Crippen LogP contribution in [-0.2, 0) is 0 Å². The zero-order valence-corrected chi connectivity index (χ0v) is 14.2. The third kappa shape index (κ3) is 2.66. The van der Waals surface area contributed by atoms with Crippen LogP contribution in [0.5, 0.6) is 11.6 Å². The van der Waals surface area contributed by atoms with Gasteiger partial charge in [0.2, 0.25) is 5.88 Å². The topological polar surface area (TPSA) is 62.5 Å². The van der Waals surface area contributed by atoms with Crippen LogP contribution in [0.3, 0.4) is 0 Å². The summed E-state index contributed by atoms with van der Waals surface area (Å²) in [5, 5.41) is 10.6. The smallest absolute Gasteiger partial charge is 0.222 e. The maximum Gasteiger partial charge on any atom is 0.222 e. The van der Waals surface area contributed by atoms with E-state index in [1.165, 1.54) is 0 Å². The Morgan fingerprint density at radius 1 is 1.20 bits per heavy atom. The van der Waals surface area contributed by atoms with Gasteiger partial charge in [-0.05, 0) is 48.6 Å². The molecule has 6 heteroatoms. The molecule has 0 unspecified atom stereocenters. The van der Waals surface area contributed by atoms with E-state index in [1.54, 1.807) is 17.9 Å². The second-order valence-electron chi connectivity index (χ2n) is 5.58. The lowest BCUT2D eigenvalue weighted by Crippen LogP contribution is -1.92. The Morgan fingerprint density at radius 3 is 2.76 bits per heavy atom. The first-order chi connectivity index (χ1) is 12.2. The highest BCUT2D eigenvalue weighted by Crippen LogP contribution is 2.36. The maximum absolute atomic E-state index is 10.6. The van der Waals surface area contributed by atoms with Crippen LogP contribution in [0, 0.1) is 4.77 Å². The van der Waals surface area contributed by atoms with Gasteiger partial charge in [0, 0.05) is 17.4 Å². The van der Waals surface area contributed by atoms with Crippen molar-refractivity contribution in [3.8, 4) is 17.3 Å². The summed E-state index contributed by atoms with van der Waals surface area (Å²) in [6, 6.07) is 15.2. The highest BCUT2D eigenvalue weighted by atomic mass is 32.1. The van der Waals surface area contributed by atoms with E-state index in [9.17, 15) is 5.11 Å². The van der Waals surface area contributed by atoms with E-state index in [2.05, 4.69) is 9.98 Å². The number of ether oxygens (including phenoxy) is 1. The summed E-state index contributed by atoms with van der Waals surface area (Å²) in [4.78, 5) is 7.45. The fourth-order valence-electron chi connectivity index (χ4n) is 2.83. The average molecular weight is 349 g/mol. The van der Waals surface area contributed by atoms with E-state index in [-0.39, 0.29) is 5.88 Å². The van der Waals surface area contributed by atoms with Gasteiger partial charge in [-0.15, -0.1) is 0 Å². The van der Waals surface area contributed by atoms with Crippen LogP contribution in [-0.4, -0.2) is 28.0 Å². The zero-order valence-electron chi connectivity index (χ0n) is 13.4. The predicted octanol–water partition coefficient (Wildman–Crippen LogP) is 4.51. The van der Waals surface area contributed by atoms with Crippen LogP contribution in [0.25, 0.3) is 17.3 Å². The van der Waals surface area contributed by atoms with Crippen molar-refractivity contribution in [2.45, 2.75) is 0 Å². The Labute approximate surface area is 149 Å². The normalized spacial score (nSPS) is 14.0. The SMILES string of the molecule is COc1ccc2c(c1)C(=Cc1[nH]c(=S)n(-c3ccccc3)c1O)C=N2. The van der Waals surface area contributed by atoms with E-state index in [4.69, 9.17) is 17.0 Å². The Balaban J connectivity index is 1.80. The van der Waals surface area contributed by atoms with Crippen molar-refractivity contribution in [2.75, 3.05) is 7.11 Å². The summed E-state index contributed by atoms with van der Waals surface area (Å²) in [6.45, 7) is 0. The van der Waals surface area contributed by atoms with Gasteiger partial charge in [0.1, 0.15) is 11.4 Å². The summed E-state index contributed by atoms with van der Waals surface area (Å²) in [5.41, 5.74) is 4.03. The molecular formula is C19H15N3O2S. The molecule has 2 aromatic carbocycles. The Bertz CT molecular complexity index is 1060. The minimum absolute atomic E-state index is 0.0634. The van der Waals surface area contributed by atoms with E-state index in [0.717, 1.165) is 28.3 Å². The van der Waals surface area contributed by atoms with Gasteiger partial charge in [0.05, 0.1) is 18.5 Å². The molecule has 0 amide bonds. The average Bonchev–Trinajstić information content (AvgIpc) is 3.16. The summed E-state index contributed by atoms with van der Waals surface area (Å²) >= 11 is 5.37. The molecule has 0 aliphatic carbocycles. The van der Waals surface area contributed by atoms with Crippen LogP contribution in [0.15, 0.2) is 53.5 Å². The van der Waals surface area contributed by atoms with Gasteiger partial charge >= 0.3 is 0 Å². The molecule has 0 bridgehead atoms. The first-order valence-corrected chi connectivity index (χ1v) is 8.12. The molecule has 124 valence electrons. The van der Waals surface area contributed by atoms with E-state index in [1.807, 2.05) is 54.6 Å². The summed E-state index contributed by atoms with van der Waals surface area (Å²) in [5.74, 6) is 0.822. The number of allylic oxidation sites excluding steroid dienone is 1. The number of aromatic hydroxyl groups is 1. The minimum atomic E-state index is 0.0634. The van der Waals surface area contributed by atoms with Gasteiger partial charge in [0.15, 0.2) is 4.77 Å². The van der Waals surface area contributed by atoms with Crippen LogP contribution >= 0.6 is 12.2 Å². The third-order valence-corrected chi connectivity index (χ3v) is 4.35. The Kier molecular flexibility index (Phi) is 3.74. The quantitative estimate of drug-likeness (QED) is 0.684. The number of H-pyrrole nitrogens is 1. The van der Waals surface area contributed by atoms with Gasteiger partial charge in [-0.1, -0.05) is 18.2 Å². The molecule has 0 radical (unpaired) electrons. The van der Waals surface area contributed by atoms with Gasteiger partial charge in [0.25, 0.3) is 0 Å². The number of hydrogen-bond acceptors (Lipinski definition) is 4. The molecule has 25 heavy (non-hydrogen) atoms. The van der Waals surface area contributed by atoms with Crippen LogP contribution in [0.4, 0.5) is 5.69 Å². The maximum atomic E-state index is 10.6. The lowest BCUT2D eigenvalue weighted by molar-refractivity contribution is 0.415. The molecule has 1 aliphatic heterocycles. The van der Waals surface area contributed by atoms with E-state index >= 15 is 0 Å². The lowest BCUT2D eigenvalue weighted by atomic mass is 10.1. The van der Waals surface area contributed by atoms with Crippen LogP contribution in [0.2, 0.25) is 0 Å². The standard InChI is InChI=1S/C19H15N3O2S/c1-24-14-7-8-16-15(10-14)12(11-20-16)9-17-18(23)22(19(25)21-17)13-5-3-2-4-6-13/h2-11,23H,1H3,(H,21,25). The number of para-hydroxylation sites is 1. The number of methoxy groups -OCH3 is 1. The molecule has 2 N–H and O–H groups in total. The van der Waals surface area contributed by atoms with Crippen molar-refractivity contribution in [3.05, 3.63) is 64.6 Å². The molecule has 0 saturated heterocycles. The van der Waals surface area contributed by atoms with Gasteiger partial charge in [-0.2, -0.15) is 0 Å². The van der Waals surface area contributed by atoms with Crippen LogP contribution in [0.1, 0.15) is 11.3 Å². The molecule has 5 nitrogen and oxygen atoms in total. The number of aromatic amines is 1. The summed E-state index contributed by atoms with van der Waals surface area (Å²) in [7, 11) is 1.63. The summed E-state index contributed by atoms with van der Waals surface area (Å²) in [6.07, 6.45) is 3.60. The second-order valence-corrected chi connectivity index (χ2v) is 5.97. The van der Waals surface area contributed by atoms with Crippen molar-refractivity contribution in [2.24, 2.45) is 4.99 Å². The van der Waals surface area contributed by atoms with Gasteiger partial charge < -0.3 is 14.8 Å². The lowest BCUT2D eigenvalue weighted by Gasteiger charge is -2.04. The first kappa shape index (κ1) is 15.4. The number of nitrogens with one attached hydrogen (secondary N) is 1. The monoisotopic (exact) mass is 349 g/mol. The predicted molar refractivity (Wildman–Crippen MR) is 102 cm³/mol. The fraction of sp³-hybridized carbons (Fsp3) is 0.0526. The van der Waals surface area contributed by atoms with Crippen molar-refractivity contribution >= 4 is 35.8 Å². The van der Waals surface area contributed by atoms with Crippen molar-refractivity contribution in [3.63, 3.8) is 0 Å². The number of fused-ring (bicyclic) bond motifs is 1. The number of nitrogens with zero attached hydrogens (tertiary/aromatic N) is 2.